The topological polar surface area (TPSA) is 98.2 Å². The van der Waals surface area contributed by atoms with Gasteiger partial charge < -0.3 is 11.1 Å². The van der Waals surface area contributed by atoms with Crippen LogP contribution in [0.15, 0.2) is 12.4 Å². The molecule has 0 bridgehead atoms. The first-order valence-corrected chi connectivity index (χ1v) is 4.37. The fourth-order valence-corrected chi connectivity index (χ4v) is 1.24. The highest BCUT2D eigenvalue weighted by Gasteiger charge is 2.07. The lowest BCUT2D eigenvalue weighted by atomic mass is 10.5. The Morgan fingerprint density at radius 2 is 2.40 bits per heavy atom. The van der Waals surface area contributed by atoms with Crippen LogP contribution in [0, 0.1) is 6.92 Å². The molecule has 0 saturated heterocycles. The highest BCUT2D eigenvalue weighted by atomic mass is 16.1. The van der Waals surface area contributed by atoms with Gasteiger partial charge in [0.05, 0.1) is 6.54 Å². The van der Waals surface area contributed by atoms with E-state index in [9.17, 15) is 4.79 Å². The number of aryl methyl sites for hydroxylation is 1. The molecule has 2 rings (SSSR count). The number of nitrogens with two attached hydrogens (primary N) is 1. The van der Waals surface area contributed by atoms with E-state index in [4.69, 9.17) is 5.73 Å². The Hall–Kier alpha value is -2.18. The van der Waals surface area contributed by atoms with Crippen LogP contribution in [-0.4, -0.2) is 32.0 Å². The van der Waals surface area contributed by atoms with E-state index >= 15 is 0 Å². The van der Waals surface area contributed by atoms with E-state index in [1.807, 2.05) is 6.92 Å². The molecule has 0 fully saturated rings. The van der Waals surface area contributed by atoms with Gasteiger partial charge in [0.1, 0.15) is 5.82 Å². The Kier molecular flexibility index (Phi) is 2.20. The number of nitrogens with zero attached hydrogens (tertiary/aromatic N) is 4. The average molecular weight is 206 g/mol. The number of aromatic nitrogens is 4. The van der Waals surface area contributed by atoms with Gasteiger partial charge >= 0.3 is 0 Å². The summed E-state index contributed by atoms with van der Waals surface area (Å²) < 4.78 is 1.77. The summed E-state index contributed by atoms with van der Waals surface area (Å²) >= 11 is 0. The molecule has 0 aliphatic heterocycles. The molecule has 1 amide bonds. The van der Waals surface area contributed by atoms with Crippen molar-refractivity contribution in [2.24, 2.45) is 5.73 Å². The quantitative estimate of drug-likeness (QED) is 0.694. The van der Waals surface area contributed by atoms with Gasteiger partial charge in [0, 0.05) is 12.4 Å². The lowest BCUT2D eigenvalue weighted by Gasteiger charge is -2.03. The van der Waals surface area contributed by atoms with Crippen molar-refractivity contribution in [1.29, 1.82) is 0 Å². The maximum atomic E-state index is 10.6. The number of hydrogen-bond donors (Lipinski definition) is 2. The van der Waals surface area contributed by atoms with Gasteiger partial charge in [-0.2, -0.15) is 0 Å². The number of hydrogen-bond acceptors (Lipinski definition) is 5. The summed E-state index contributed by atoms with van der Waals surface area (Å²) in [4.78, 5) is 14.7. The van der Waals surface area contributed by atoms with Crippen molar-refractivity contribution in [2.75, 3.05) is 11.9 Å². The molecular weight excluding hydrogens is 196 g/mol. The number of fused-ring (bicyclic) bond motifs is 1. The third-order valence-corrected chi connectivity index (χ3v) is 1.93. The molecule has 0 aliphatic carbocycles. The second-order valence-corrected chi connectivity index (χ2v) is 3.04. The lowest BCUT2D eigenvalue weighted by molar-refractivity contribution is -0.116. The van der Waals surface area contributed by atoms with Gasteiger partial charge in [-0.15, -0.1) is 10.2 Å². The molecule has 0 unspecified atom stereocenters. The minimum absolute atomic E-state index is 0.0264. The van der Waals surface area contributed by atoms with E-state index in [2.05, 4.69) is 20.5 Å². The molecule has 2 aromatic heterocycles. The Labute approximate surface area is 85.3 Å². The second kappa shape index (κ2) is 3.52. The second-order valence-electron chi connectivity index (χ2n) is 3.04. The summed E-state index contributed by atoms with van der Waals surface area (Å²) in [6.07, 6.45) is 3.35. The highest BCUT2D eigenvalue weighted by molar-refractivity contribution is 5.79. The minimum atomic E-state index is -0.449. The molecule has 2 heterocycles. The number of rotatable bonds is 3. The maximum Gasteiger partial charge on any atom is 0.236 e. The van der Waals surface area contributed by atoms with E-state index in [0.717, 1.165) is 5.82 Å². The van der Waals surface area contributed by atoms with E-state index in [1.165, 1.54) is 0 Å². The molecule has 15 heavy (non-hydrogen) atoms. The number of nitrogens with one attached hydrogen (secondary N) is 1. The Morgan fingerprint density at radius 1 is 1.60 bits per heavy atom. The standard InChI is InChI=1S/C8H10N6O/c1-5-12-13-8-7(11-4-6(9)15)10-2-3-14(5)8/h2-3H,4H2,1H3,(H2,9,15)(H,10,11). The Balaban J connectivity index is 2.38. The van der Waals surface area contributed by atoms with Crippen LogP contribution in [0.1, 0.15) is 5.82 Å². The minimum Gasteiger partial charge on any atom is -0.368 e. The number of anilines is 1. The number of primary amides is 1. The third-order valence-electron chi connectivity index (χ3n) is 1.93. The van der Waals surface area contributed by atoms with Crippen molar-refractivity contribution in [2.45, 2.75) is 6.92 Å². The van der Waals surface area contributed by atoms with Crippen LogP contribution in [0.2, 0.25) is 0 Å². The molecule has 0 spiro atoms. The van der Waals surface area contributed by atoms with Gasteiger partial charge in [0.2, 0.25) is 11.6 Å². The van der Waals surface area contributed by atoms with Crippen LogP contribution >= 0.6 is 0 Å². The zero-order valence-corrected chi connectivity index (χ0v) is 8.14. The Bertz CT molecular complexity index is 505. The summed E-state index contributed by atoms with van der Waals surface area (Å²) in [7, 11) is 0. The van der Waals surface area contributed by atoms with Crippen LogP contribution in [0.5, 0.6) is 0 Å². The molecule has 3 N–H and O–H groups in total. The van der Waals surface area contributed by atoms with Gasteiger partial charge in [0.25, 0.3) is 0 Å². The van der Waals surface area contributed by atoms with Gasteiger partial charge in [-0.3, -0.25) is 9.20 Å². The van der Waals surface area contributed by atoms with Crippen LogP contribution in [0.25, 0.3) is 5.65 Å². The number of carbonyl (C=O) groups excluding carboxylic acids is 1. The number of carbonyl (C=O) groups is 1. The molecule has 0 radical (unpaired) electrons. The predicted molar refractivity (Wildman–Crippen MR) is 53.2 cm³/mol. The first kappa shape index (κ1) is 9.38. The molecule has 0 atom stereocenters. The molecule has 7 heteroatoms. The van der Waals surface area contributed by atoms with Gasteiger partial charge in [-0.25, -0.2) is 4.98 Å². The van der Waals surface area contributed by atoms with E-state index < -0.39 is 5.91 Å². The van der Waals surface area contributed by atoms with Crippen LogP contribution in [0.3, 0.4) is 0 Å². The zero-order valence-electron chi connectivity index (χ0n) is 8.14. The summed E-state index contributed by atoms with van der Waals surface area (Å²) in [5, 5.41) is 10.6. The van der Waals surface area contributed by atoms with Crippen molar-refractivity contribution < 1.29 is 4.79 Å². The molecular formula is C8H10N6O. The lowest BCUT2D eigenvalue weighted by Crippen LogP contribution is -2.22. The summed E-state index contributed by atoms with van der Waals surface area (Å²) in [5.41, 5.74) is 5.60. The molecule has 0 saturated carbocycles. The number of amides is 1. The smallest absolute Gasteiger partial charge is 0.236 e. The molecule has 0 aromatic carbocycles. The Morgan fingerprint density at radius 3 is 3.13 bits per heavy atom. The van der Waals surface area contributed by atoms with Crippen molar-refractivity contribution >= 4 is 17.4 Å². The van der Waals surface area contributed by atoms with Gasteiger partial charge in [0.15, 0.2) is 5.82 Å². The molecule has 0 aliphatic rings. The van der Waals surface area contributed by atoms with Crippen molar-refractivity contribution in [3.63, 3.8) is 0 Å². The highest BCUT2D eigenvalue weighted by Crippen LogP contribution is 2.10. The van der Waals surface area contributed by atoms with Crippen LogP contribution in [0.4, 0.5) is 5.82 Å². The summed E-state index contributed by atoms with van der Waals surface area (Å²) in [5.74, 6) is 0.807. The third kappa shape index (κ3) is 1.71. The molecule has 78 valence electrons. The first-order valence-electron chi connectivity index (χ1n) is 4.37. The molecule has 7 nitrogen and oxygen atoms in total. The predicted octanol–water partition coefficient (Wildman–Crippen LogP) is -0.670. The zero-order chi connectivity index (χ0) is 10.8. The van der Waals surface area contributed by atoms with Crippen molar-refractivity contribution in [3.8, 4) is 0 Å². The monoisotopic (exact) mass is 206 g/mol. The summed E-state index contributed by atoms with van der Waals surface area (Å²) in [6, 6.07) is 0. The van der Waals surface area contributed by atoms with Crippen LogP contribution < -0.4 is 11.1 Å². The fraction of sp³-hybridized carbons (Fsp3) is 0.250. The van der Waals surface area contributed by atoms with Gasteiger partial charge in [-0.05, 0) is 6.92 Å². The fourth-order valence-electron chi connectivity index (χ4n) is 1.24. The maximum absolute atomic E-state index is 10.6. The first-order chi connectivity index (χ1) is 7.18. The SMILES string of the molecule is Cc1nnc2c(NCC(N)=O)nccn12. The van der Waals surface area contributed by atoms with E-state index in [0.29, 0.717) is 11.5 Å². The van der Waals surface area contributed by atoms with E-state index in [1.54, 1.807) is 16.8 Å². The van der Waals surface area contributed by atoms with Gasteiger partial charge in [-0.1, -0.05) is 0 Å². The molecule has 2 aromatic rings. The average Bonchev–Trinajstić information content (AvgIpc) is 2.58. The van der Waals surface area contributed by atoms with Crippen LogP contribution in [-0.2, 0) is 4.79 Å². The van der Waals surface area contributed by atoms with Crippen molar-refractivity contribution in [3.05, 3.63) is 18.2 Å². The normalized spacial score (nSPS) is 10.5. The summed E-state index contributed by atoms with van der Waals surface area (Å²) in [6.45, 7) is 1.86. The van der Waals surface area contributed by atoms with E-state index in [-0.39, 0.29) is 6.54 Å². The van der Waals surface area contributed by atoms with Crippen molar-refractivity contribution in [1.82, 2.24) is 19.6 Å². The largest absolute Gasteiger partial charge is 0.368 e.